The highest BCUT2D eigenvalue weighted by atomic mass is 35.5. The van der Waals surface area contributed by atoms with Crippen LogP contribution in [0, 0.1) is 0 Å². The first kappa shape index (κ1) is 16.9. The summed E-state index contributed by atoms with van der Waals surface area (Å²) in [6.45, 7) is 1.76. The molecule has 1 aliphatic heterocycles. The van der Waals surface area contributed by atoms with E-state index in [0.717, 1.165) is 4.90 Å². The van der Waals surface area contributed by atoms with Gasteiger partial charge in [0, 0.05) is 9.92 Å². The largest absolute Gasteiger partial charge is 0.349 e. The standard InChI is InChI=1S/C13H15Cl2NO3S2/c1-13(4-5-21(18,19)8-13)16-12(17)7-20-11-6-9(14)2-3-10(11)15/h2-3,6H,4-5,7-8H2,1H3,(H,16,17)/t13-/m1/s1. The molecule has 0 aliphatic carbocycles. The Labute approximate surface area is 138 Å². The molecule has 0 bridgehead atoms. The number of benzene rings is 1. The third-order valence-corrected chi connectivity index (χ3v) is 6.83. The molecule has 4 nitrogen and oxygen atoms in total. The number of sulfone groups is 1. The van der Waals surface area contributed by atoms with Crippen LogP contribution in [0.1, 0.15) is 13.3 Å². The van der Waals surface area contributed by atoms with E-state index < -0.39 is 15.4 Å². The molecule has 116 valence electrons. The fraction of sp³-hybridized carbons (Fsp3) is 0.462. The van der Waals surface area contributed by atoms with E-state index >= 15 is 0 Å². The van der Waals surface area contributed by atoms with Crippen molar-refractivity contribution in [1.29, 1.82) is 0 Å². The highest BCUT2D eigenvalue weighted by Crippen LogP contribution is 2.30. The van der Waals surface area contributed by atoms with Crippen molar-refractivity contribution in [2.24, 2.45) is 0 Å². The summed E-state index contributed by atoms with van der Waals surface area (Å²) in [6, 6.07) is 5.05. The minimum Gasteiger partial charge on any atom is -0.349 e. The van der Waals surface area contributed by atoms with Crippen molar-refractivity contribution in [3.05, 3.63) is 28.2 Å². The monoisotopic (exact) mass is 367 g/mol. The Hall–Kier alpha value is -0.430. The first-order valence-electron chi connectivity index (χ1n) is 6.28. The van der Waals surface area contributed by atoms with Crippen molar-refractivity contribution in [2.45, 2.75) is 23.8 Å². The maximum absolute atomic E-state index is 12.0. The summed E-state index contributed by atoms with van der Waals surface area (Å²) in [5.74, 6) is 0.0665. The molecule has 1 aromatic rings. The Morgan fingerprint density at radius 2 is 2.14 bits per heavy atom. The number of thioether (sulfide) groups is 1. The molecule has 1 N–H and O–H groups in total. The van der Waals surface area contributed by atoms with Gasteiger partial charge >= 0.3 is 0 Å². The molecule has 0 saturated carbocycles. The Morgan fingerprint density at radius 3 is 2.76 bits per heavy atom. The molecule has 0 radical (unpaired) electrons. The molecule has 1 atom stereocenters. The molecule has 0 aromatic heterocycles. The highest BCUT2D eigenvalue weighted by molar-refractivity contribution is 8.00. The maximum atomic E-state index is 12.0. The van der Waals surface area contributed by atoms with Crippen LogP contribution in [0.3, 0.4) is 0 Å². The van der Waals surface area contributed by atoms with Crippen LogP contribution in [0.25, 0.3) is 0 Å². The zero-order valence-electron chi connectivity index (χ0n) is 11.4. The zero-order valence-corrected chi connectivity index (χ0v) is 14.5. The molecule has 2 rings (SSSR count). The zero-order chi connectivity index (χ0) is 15.7. The number of rotatable bonds is 4. The van der Waals surface area contributed by atoms with Gasteiger partial charge in [-0.3, -0.25) is 4.79 Å². The fourth-order valence-corrected chi connectivity index (χ4v) is 5.60. The molecule has 1 fully saturated rings. The van der Waals surface area contributed by atoms with Gasteiger partial charge in [-0.1, -0.05) is 23.2 Å². The number of carbonyl (C=O) groups is 1. The van der Waals surface area contributed by atoms with Gasteiger partial charge in [0.15, 0.2) is 9.84 Å². The first-order chi connectivity index (χ1) is 9.69. The van der Waals surface area contributed by atoms with Crippen LogP contribution in [-0.4, -0.2) is 37.1 Å². The number of amides is 1. The summed E-state index contributed by atoms with van der Waals surface area (Å²) in [6.07, 6.45) is 0.448. The van der Waals surface area contributed by atoms with Crippen LogP contribution in [0.2, 0.25) is 10.0 Å². The summed E-state index contributed by atoms with van der Waals surface area (Å²) >= 11 is 13.2. The summed E-state index contributed by atoms with van der Waals surface area (Å²) in [7, 11) is -3.04. The lowest BCUT2D eigenvalue weighted by atomic mass is 10.0. The lowest BCUT2D eigenvalue weighted by Crippen LogP contribution is -2.47. The third-order valence-electron chi connectivity index (χ3n) is 3.20. The summed E-state index contributed by atoms with van der Waals surface area (Å²) in [5, 5.41) is 3.89. The quantitative estimate of drug-likeness (QED) is 0.831. The van der Waals surface area contributed by atoms with E-state index in [4.69, 9.17) is 23.2 Å². The van der Waals surface area contributed by atoms with Crippen LogP contribution >= 0.6 is 35.0 Å². The van der Waals surface area contributed by atoms with Crippen molar-refractivity contribution >= 4 is 50.7 Å². The molecule has 8 heteroatoms. The van der Waals surface area contributed by atoms with Crippen molar-refractivity contribution in [3.63, 3.8) is 0 Å². The van der Waals surface area contributed by atoms with Crippen LogP contribution in [-0.2, 0) is 14.6 Å². The van der Waals surface area contributed by atoms with E-state index in [2.05, 4.69) is 5.32 Å². The molecule has 21 heavy (non-hydrogen) atoms. The van der Waals surface area contributed by atoms with Crippen LogP contribution in [0.4, 0.5) is 0 Å². The molecule has 1 aromatic carbocycles. The second-order valence-electron chi connectivity index (χ2n) is 5.31. The lowest BCUT2D eigenvalue weighted by Gasteiger charge is -2.23. The van der Waals surface area contributed by atoms with E-state index in [1.807, 2.05) is 0 Å². The van der Waals surface area contributed by atoms with Crippen molar-refractivity contribution in [2.75, 3.05) is 17.3 Å². The van der Waals surface area contributed by atoms with Gasteiger partial charge in [-0.15, -0.1) is 11.8 Å². The van der Waals surface area contributed by atoms with E-state index in [1.54, 1.807) is 25.1 Å². The minimum absolute atomic E-state index is 0.00563. The second kappa shape index (κ2) is 6.36. The lowest BCUT2D eigenvalue weighted by molar-refractivity contribution is -0.120. The number of hydrogen-bond acceptors (Lipinski definition) is 4. The van der Waals surface area contributed by atoms with Gasteiger partial charge in [0.25, 0.3) is 0 Å². The molecular formula is C13H15Cl2NO3S2. The molecule has 0 spiro atoms. The van der Waals surface area contributed by atoms with E-state index in [9.17, 15) is 13.2 Å². The smallest absolute Gasteiger partial charge is 0.230 e. The second-order valence-corrected chi connectivity index (χ2v) is 9.36. The first-order valence-corrected chi connectivity index (χ1v) is 9.85. The Bertz CT molecular complexity index is 663. The van der Waals surface area contributed by atoms with Crippen LogP contribution in [0.5, 0.6) is 0 Å². The number of nitrogens with one attached hydrogen (secondary N) is 1. The third kappa shape index (κ3) is 4.77. The summed E-state index contributed by atoms with van der Waals surface area (Å²) in [5.41, 5.74) is -0.672. The van der Waals surface area contributed by atoms with Crippen molar-refractivity contribution < 1.29 is 13.2 Å². The van der Waals surface area contributed by atoms with E-state index in [1.165, 1.54) is 11.8 Å². The molecule has 1 saturated heterocycles. The molecular weight excluding hydrogens is 353 g/mol. The van der Waals surface area contributed by atoms with Crippen molar-refractivity contribution in [1.82, 2.24) is 5.32 Å². The summed E-state index contributed by atoms with van der Waals surface area (Å²) in [4.78, 5) is 12.7. The van der Waals surface area contributed by atoms with Crippen LogP contribution < -0.4 is 5.32 Å². The van der Waals surface area contributed by atoms with Crippen LogP contribution in [0.15, 0.2) is 23.1 Å². The van der Waals surface area contributed by atoms with Gasteiger partial charge in [0.05, 0.1) is 27.8 Å². The fourth-order valence-electron chi connectivity index (χ4n) is 2.21. The van der Waals surface area contributed by atoms with Gasteiger partial charge in [0.1, 0.15) is 0 Å². The normalized spacial score (nSPS) is 24.0. The SMILES string of the molecule is C[C@@]1(NC(=O)CSc2cc(Cl)ccc2Cl)CCS(=O)(=O)C1. The van der Waals surface area contributed by atoms with Gasteiger partial charge in [-0.2, -0.15) is 0 Å². The van der Waals surface area contributed by atoms with E-state index in [0.29, 0.717) is 16.5 Å². The topological polar surface area (TPSA) is 63.2 Å². The predicted molar refractivity (Wildman–Crippen MR) is 87.0 cm³/mol. The number of halogens is 2. The molecule has 1 amide bonds. The maximum Gasteiger partial charge on any atom is 0.230 e. The van der Waals surface area contributed by atoms with Gasteiger partial charge in [-0.05, 0) is 31.5 Å². The Kier molecular flexibility index (Phi) is 5.13. The Morgan fingerprint density at radius 1 is 1.43 bits per heavy atom. The molecule has 1 aliphatic rings. The minimum atomic E-state index is -3.04. The Balaban J connectivity index is 1.92. The average molecular weight is 368 g/mol. The van der Waals surface area contributed by atoms with Gasteiger partial charge < -0.3 is 5.32 Å². The number of carbonyl (C=O) groups excluding carboxylic acids is 1. The van der Waals surface area contributed by atoms with Gasteiger partial charge in [-0.25, -0.2) is 8.42 Å². The highest BCUT2D eigenvalue weighted by Gasteiger charge is 2.39. The number of hydrogen-bond donors (Lipinski definition) is 1. The van der Waals surface area contributed by atoms with Crippen molar-refractivity contribution in [3.8, 4) is 0 Å². The molecule has 0 unspecified atom stereocenters. The molecule has 1 heterocycles. The van der Waals surface area contributed by atoms with E-state index in [-0.39, 0.29) is 23.2 Å². The van der Waals surface area contributed by atoms with Gasteiger partial charge in [0.2, 0.25) is 5.91 Å². The predicted octanol–water partition coefficient (Wildman–Crippen LogP) is 2.78. The summed E-state index contributed by atoms with van der Waals surface area (Å²) < 4.78 is 23.0. The average Bonchev–Trinajstić information content (AvgIpc) is 2.64.